The standard InChI is InChI=1S/C19H13Cl2N5O3S/c1-25-15-11(17(28)26(2)19(25)29)5-6-13(22-15)16(27)24-18-23-14(8-30-18)10-4-3-9(20)7-12(10)21/h3-8H,1-2H3,(H,23,24,27). The SMILES string of the molecule is Cn1c(=O)c2ccc(C(=O)Nc3nc(-c4ccc(Cl)cc4Cl)cs3)nc2n(C)c1=O. The lowest BCUT2D eigenvalue weighted by Crippen LogP contribution is -2.37. The first-order chi connectivity index (χ1) is 14.3. The summed E-state index contributed by atoms with van der Waals surface area (Å²) in [6, 6.07) is 7.96. The van der Waals surface area contributed by atoms with Gasteiger partial charge in [-0.3, -0.25) is 24.0 Å². The minimum absolute atomic E-state index is 0.0482. The van der Waals surface area contributed by atoms with Crippen molar-refractivity contribution < 1.29 is 4.79 Å². The van der Waals surface area contributed by atoms with Crippen molar-refractivity contribution in [2.24, 2.45) is 14.1 Å². The molecule has 4 rings (SSSR count). The molecule has 0 spiro atoms. The van der Waals surface area contributed by atoms with Crippen molar-refractivity contribution in [1.82, 2.24) is 19.1 Å². The van der Waals surface area contributed by atoms with E-state index in [-0.39, 0.29) is 16.7 Å². The molecule has 0 fully saturated rings. The fourth-order valence-corrected chi connectivity index (χ4v) is 4.10. The van der Waals surface area contributed by atoms with E-state index in [4.69, 9.17) is 23.2 Å². The second kappa shape index (κ2) is 7.67. The molecule has 0 atom stereocenters. The Morgan fingerprint density at radius 1 is 1.07 bits per heavy atom. The van der Waals surface area contributed by atoms with E-state index in [2.05, 4.69) is 15.3 Å². The van der Waals surface area contributed by atoms with Crippen LogP contribution in [0.3, 0.4) is 0 Å². The number of benzene rings is 1. The first-order valence-corrected chi connectivity index (χ1v) is 10.2. The number of aromatic nitrogens is 4. The highest BCUT2D eigenvalue weighted by Gasteiger charge is 2.16. The third-order valence-electron chi connectivity index (χ3n) is 4.47. The van der Waals surface area contributed by atoms with Crippen LogP contribution < -0.4 is 16.6 Å². The summed E-state index contributed by atoms with van der Waals surface area (Å²) in [7, 11) is 2.87. The van der Waals surface area contributed by atoms with Crippen molar-refractivity contribution in [2.45, 2.75) is 0 Å². The number of carbonyl (C=O) groups excluding carboxylic acids is 1. The molecule has 1 aromatic carbocycles. The number of hydrogen-bond acceptors (Lipinski definition) is 6. The number of pyridine rings is 1. The van der Waals surface area contributed by atoms with E-state index >= 15 is 0 Å². The van der Waals surface area contributed by atoms with Crippen molar-refractivity contribution in [3.05, 3.63) is 72.3 Å². The lowest BCUT2D eigenvalue weighted by molar-refractivity contribution is 0.102. The number of nitrogens with zero attached hydrogens (tertiary/aromatic N) is 4. The third-order valence-corrected chi connectivity index (χ3v) is 5.77. The number of nitrogens with one attached hydrogen (secondary N) is 1. The first kappa shape index (κ1) is 20.3. The second-order valence-corrected chi connectivity index (χ2v) is 8.09. The Bertz CT molecular complexity index is 1440. The van der Waals surface area contributed by atoms with Gasteiger partial charge in [-0.25, -0.2) is 14.8 Å². The summed E-state index contributed by atoms with van der Waals surface area (Å²) in [6.45, 7) is 0. The average molecular weight is 462 g/mol. The van der Waals surface area contributed by atoms with Crippen LogP contribution in [0.5, 0.6) is 0 Å². The fourth-order valence-electron chi connectivity index (χ4n) is 2.89. The molecule has 3 aromatic heterocycles. The van der Waals surface area contributed by atoms with Gasteiger partial charge in [0, 0.05) is 30.1 Å². The van der Waals surface area contributed by atoms with E-state index in [1.54, 1.807) is 23.6 Å². The Kier molecular flexibility index (Phi) is 5.19. The van der Waals surface area contributed by atoms with Crippen LogP contribution in [0.15, 0.2) is 45.3 Å². The van der Waals surface area contributed by atoms with Gasteiger partial charge in [-0.15, -0.1) is 11.3 Å². The number of rotatable bonds is 3. The van der Waals surface area contributed by atoms with E-state index in [1.807, 2.05) is 0 Å². The lowest BCUT2D eigenvalue weighted by Gasteiger charge is -2.08. The smallest absolute Gasteiger partial charge is 0.296 e. The van der Waals surface area contributed by atoms with Crippen LogP contribution in [-0.2, 0) is 14.1 Å². The van der Waals surface area contributed by atoms with Crippen molar-refractivity contribution in [3.8, 4) is 11.3 Å². The van der Waals surface area contributed by atoms with Gasteiger partial charge >= 0.3 is 5.69 Å². The summed E-state index contributed by atoms with van der Waals surface area (Å²) in [6.07, 6.45) is 0. The number of thiazole rings is 1. The molecular formula is C19H13Cl2N5O3S. The van der Waals surface area contributed by atoms with Crippen molar-refractivity contribution >= 4 is 56.6 Å². The molecule has 8 nitrogen and oxygen atoms in total. The number of carbonyl (C=O) groups is 1. The summed E-state index contributed by atoms with van der Waals surface area (Å²) < 4.78 is 2.21. The van der Waals surface area contributed by atoms with Crippen molar-refractivity contribution in [2.75, 3.05) is 5.32 Å². The Balaban J connectivity index is 1.65. The molecule has 0 aliphatic heterocycles. The topological polar surface area (TPSA) is 98.9 Å². The molecule has 1 N–H and O–H groups in total. The minimum atomic E-state index is -0.526. The van der Waals surface area contributed by atoms with E-state index in [0.717, 1.165) is 4.57 Å². The van der Waals surface area contributed by atoms with Gasteiger partial charge in [0.25, 0.3) is 11.5 Å². The van der Waals surface area contributed by atoms with Crippen LogP contribution in [-0.4, -0.2) is 25.0 Å². The third kappa shape index (κ3) is 3.51. The fraction of sp³-hybridized carbons (Fsp3) is 0.105. The van der Waals surface area contributed by atoms with Crippen LogP contribution in [0, 0.1) is 0 Å². The Morgan fingerprint density at radius 2 is 1.83 bits per heavy atom. The zero-order valence-corrected chi connectivity index (χ0v) is 18.0. The number of fused-ring (bicyclic) bond motifs is 1. The van der Waals surface area contributed by atoms with E-state index in [0.29, 0.717) is 26.4 Å². The van der Waals surface area contributed by atoms with Crippen molar-refractivity contribution in [3.63, 3.8) is 0 Å². The molecule has 3 heterocycles. The number of halogens is 2. The number of anilines is 1. The van der Waals surface area contributed by atoms with Gasteiger partial charge in [0.1, 0.15) is 11.3 Å². The molecule has 0 unspecified atom stereocenters. The lowest BCUT2D eigenvalue weighted by atomic mass is 10.2. The molecule has 4 aromatic rings. The zero-order valence-electron chi connectivity index (χ0n) is 15.6. The predicted octanol–water partition coefficient (Wildman–Crippen LogP) is 3.31. The highest BCUT2D eigenvalue weighted by atomic mass is 35.5. The summed E-state index contributed by atoms with van der Waals surface area (Å²) in [5, 5.41) is 5.98. The van der Waals surface area contributed by atoms with Gasteiger partial charge < -0.3 is 0 Å². The quantitative estimate of drug-likeness (QED) is 0.504. The summed E-state index contributed by atoms with van der Waals surface area (Å²) in [4.78, 5) is 45.6. The van der Waals surface area contributed by atoms with Gasteiger partial charge in [0.05, 0.1) is 16.1 Å². The van der Waals surface area contributed by atoms with Crippen LogP contribution in [0.4, 0.5) is 5.13 Å². The molecule has 0 bridgehead atoms. The number of hydrogen-bond donors (Lipinski definition) is 1. The Morgan fingerprint density at radius 3 is 2.57 bits per heavy atom. The largest absolute Gasteiger partial charge is 0.332 e. The Hall–Kier alpha value is -3.01. The summed E-state index contributed by atoms with van der Waals surface area (Å²) in [5.74, 6) is -0.520. The Labute approximate surface area is 183 Å². The summed E-state index contributed by atoms with van der Waals surface area (Å²) in [5.41, 5.74) is 0.455. The predicted molar refractivity (Wildman–Crippen MR) is 118 cm³/mol. The maximum absolute atomic E-state index is 12.6. The average Bonchev–Trinajstić information content (AvgIpc) is 3.18. The van der Waals surface area contributed by atoms with Crippen LogP contribution in [0.2, 0.25) is 10.0 Å². The van der Waals surface area contributed by atoms with E-state index in [9.17, 15) is 14.4 Å². The molecule has 0 aliphatic rings. The monoisotopic (exact) mass is 461 g/mol. The molecule has 0 aliphatic carbocycles. The van der Waals surface area contributed by atoms with Gasteiger partial charge in [-0.05, 0) is 30.3 Å². The van der Waals surface area contributed by atoms with Gasteiger partial charge in [-0.1, -0.05) is 23.2 Å². The van der Waals surface area contributed by atoms with Gasteiger partial charge in [0.2, 0.25) is 0 Å². The van der Waals surface area contributed by atoms with E-state index in [1.165, 1.54) is 42.1 Å². The van der Waals surface area contributed by atoms with Crippen LogP contribution in [0.1, 0.15) is 10.5 Å². The molecule has 30 heavy (non-hydrogen) atoms. The van der Waals surface area contributed by atoms with Gasteiger partial charge in [0.15, 0.2) is 5.13 Å². The molecule has 0 saturated carbocycles. The molecule has 0 saturated heterocycles. The first-order valence-electron chi connectivity index (χ1n) is 8.55. The van der Waals surface area contributed by atoms with Crippen LogP contribution >= 0.6 is 34.5 Å². The highest BCUT2D eigenvalue weighted by molar-refractivity contribution is 7.14. The van der Waals surface area contributed by atoms with E-state index < -0.39 is 17.2 Å². The maximum Gasteiger partial charge on any atom is 0.332 e. The maximum atomic E-state index is 12.6. The zero-order chi connectivity index (χ0) is 21.6. The van der Waals surface area contributed by atoms with Crippen LogP contribution in [0.25, 0.3) is 22.3 Å². The molecule has 152 valence electrons. The highest BCUT2D eigenvalue weighted by Crippen LogP contribution is 2.32. The number of amides is 1. The van der Waals surface area contributed by atoms with Crippen molar-refractivity contribution in [1.29, 1.82) is 0 Å². The molecule has 1 amide bonds. The molecule has 0 radical (unpaired) electrons. The second-order valence-electron chi connectivity index (χ2n) is 6.39. The molecular weight excluding hydrogens is 449 g/mol. The summed E-state index contributed by atoms with van der Waals surface area (Å²) >= 11 is 13.4. The minimum Gasteiger partial charge on any atom is -0.296 e. The number of aryl methyl sites for hydroxylation is 1. The molecule has 11 heteroatoms. The normalized spacial score (nSPS) is 11.1. The van der Waals surface area contributed by atoms with Gasteiger partial charge in [-0.2, -0.15) is 0 Å².